The predicted octanol–water partition coefficient (Wildman–Crippen LogP) is 13.2. The topological polar surface area (TPSA) is 51.6 Å². The molecule has 10 rings (SSSR count). The van der Waals surface area contributed by atoms with E-state index in [-0.39, 0.29) is 0 Å². The van der Waals surface area contributed by atoms with Crippen LogP contribution in [0.5, 0.6) is 0 Å². The Kier molecular flexibility index (Phi) is 8.47. The Morgan fingerprint density at radius 3 is 1.20 bits per heavy atom. The third kappa shape index (κ3) is 6.40. The van der Waals surface area contributed by atoms with E-state index < -0.39 is 0 Å². The smallest absolute Gasteiger partial charge is 0.164 e. The second kappa shape index (κ2) is 14.3. The molecule has 262 valence electrons. The predicted molar refractivity (Wildman–Crippen MR) is 231 cm³/mol. The van der Waals surface area contributed by atoms with Crippen molar-refractivity contribution in [3.63, 3.8) is 0 Å². The van der Waals surface area contributed by atoms with Gasteiger partial charge in [-0.15, -0.1) is 0 Å². The fourth-order valence-corrected chi connectivity index (χ4v) is 7.45. The second-order valence-corrected chi connectivity index (χ2v) is 13.9. The highest BCUT2D eigenvalue weighted by molar-refractivity contribution is 6.14. The molecule has 0 unspecified atom stereocenters. The van der Waals surface area contributed by atoms with Crippen molar-refractivity contribution in [1.29, 1.82) is 0 Å². The number of rotatable bonds is 7. The van der Waals surface area contributed by atoms with Crippen LogP contribution in [0.1, 0.15) is 0 Å². The summed E-state index contributed by atoms with van der Waals surface area (Å²) in [6.45, 7) is 0. The van der Waals surface area contributed by atoms with Gasteiger partial charge in [-0.3, -0.25) is 0 Å². The fraction of sp³-hybridized carbons (Fsp3) is 0. The third-order valence-corrected chi connectivity index (χ3v) is 10.3. The van der Waals surface area contributed by atoms with Gasteiger partial charge in [0.2, 0.25) is 0 Å². The van der Waals surface area contributed by atoms with Gasteiger partial charge in [-0.05, 0) is 62.4 Å². The number of pyridine rings is 1. The van der Waals surface area contributed by atoms with E-state index in [2.05, 4.69) is 140 Å². The molecule has 0 atom stereocenters. The molecule has 0 bridgehead atoms. The van der Waals surface area contributed by atoms with Crippen LogP contribution in [0.25, 0.3) is 100 Å². The van der Waals surface area contributed by atoms with Gasteiger partial charge >= 0.3 is 0 Å². The Hall–Kier alpha value is -7.56. The standard InChI is InChI=1S/C52H34N4/c1-5-13-38(14-6-1)46-34-48(39-15-7-2-8-16-39)53-47-32-30-44-33-43(29-31-45(44)49(46)47)37-23-21-35(22-24-37)36-25-27-42(28-26-36)52-55-50(40-17-9-3-10-18-40)54-51(56-52)41-19-11-4-12-20-41/h1-34H. The van der Waals surface area contributed by atoms with E-state index in [4.69, 9.17) is 19.9 Å². The maximum Gasteiger partial charge on any atom is 0.164 e. The molecule has 0 saturated heterocycles. The van der Waals surface area contributed by atoms with E-state index in [0.29, 0.717) is 17.5 Å². The number of aromatic nitrogens is 4. The zero-order valence-corrected chi connectivity index (χ0v) is 30.4. The van der Waals surface area contributed by atoms with Gasteiger partial charge in [0.1, 0.15) is 0 Å². The molecule has 10 aromatic rings. The van der Waals surface area contributed by atoms with E-state index in [1.165, 1.54) is 38.4 Å². The van der Waals surface area contributed by atoms with Crippen LogP contribution in [0.4, 0.5) is 0 Å². The summed E-state index contributed by atoms with van der Waals surface area (Å²) in [6.07, 6.45) is 0. The second-order valence-electron chi connectivity index (χ2n) is 13.9. The van der Waals surface area contributed by atoms with Crippen LogP contribution < -0.4 is 0 Å². The lowest BCUT2D eigenvalue weighted by atomic mass is 9.92. The molecule has 0 spiro atoms. The quantitative estimate of drug-likeness (QED) is 0.154. The maximum atomic E-state index is 5.15. The molecule has 0 amide bonds. The Bertz CT molecular complexity index is 2910. The van der Waals surface area contributed by atoms with Gasteiger partial charge in [0.25, 0.3) is 0 Å². The van der Waals surface area contributed by atoms with Crippen molar-refractivity contribution in [3.8, 4) is 78.8 Å². The van der Waals surface area contributed by atoms with Crippen molar-refractivity contribution in [2.45, 2.75) is 0 Å². The van der Waals surface area contributed by atoms with Crippen LogP contribution in [-0.4, -0.2) is 19.9 Å². The first kappa shape index (κ1) is 33.0. The van der Waals surface area contributed by atoms with Crippen molar-refractivity contribution in [3.05, 3.63) is 206 Å². The molecule has 0 fully saturated rings. The minimum atomic E-state index is 0.645. The van der Waals surface area contributed by atoms with Gasteiger partial charge in [-0.2, -0.15) is 0 Å². The molecule has 0 saturated carbocycles. The minimum absolute atomic E-state index is 0.645. The lowest BCUT2D eigenvalue weighted by Crippen LogP contribution is -2.00. The molecule has 2 aromatic heterocycles. The molecule has 0 N–H and O–H groups in total. The fourth-order valence-electron chi connectivity index (χ4n) is 7.45. The molecule has 0 radical (unpaired) electrons. The summed E-state index contributed by atoms with van der Waals surface area (Å²) < 4.78 is 0. The molecular weight excluding hydrogens is 681 g/mol. The molecule has 0 aliphatic rings. The van der Waals surface area contributed by atoms with Crippen LogP contribution in [0.15, 0.2) is 206 Å². The summed E-state index contributed by atoms with van der Waals surface area (Å²) in [5.41, 5.74) is 12.9. The number of benzene rings is 8. The number of hydrogen-bond acceptors (Lipinski definition) is 4. The van der Waals surface area contributed by atoms with Crippen LogP contribution in [-0.2, 0) is 0 Å². The Morgan fingerprint density at radius 1 is 0.268 bits per heavy atom. The SMILES string of the molecule is c1ccc(-c2cc(-c3ccccc3)c3c(ccc4cc(-c5ccc(-c6ccc(-c7nc(-c8ccccc8)nc(-c8ccccc8)n7)cc6)cc5)ccc43)n2)cc1. The normalized spacial score (nSPS) is 11.2. The van der Waals surface area contributed by atoms with Crippen molar-refractivity contribution in [1.82, 2.24) is 19.9 Å². The number of hydrogen-bond donors (Lipinski definition) is 0. The molecule has 4 nitrogen and oxygen atoms in total. The average Bonchev–Trinajstić information content (AvgIpc) is 3.29. The Balaban J connectivity index is 0.963. The van der Waals surface area contributed by atoms with E-state index in [1.54, 1.807) is 0 Å². The van der Waals surface area contributed by atoms with Crippen molar-refractivity contribution < 1.29 is 0 Å². The molecule has 0 aliphatic heterocycles. The van der Waals surface area contributed by atoms with Crippen LogP contribution in [0, 0.1) is 0 Å². The summed E-state index contributed by atoms with van der Waals surface area (Å²) >= 11 is 0. The first-order chi connectivity index (χ1) is 27.7. The van der Waals surface area contributed by atoms with E-state index in [9.17, 15) is 0 Å². The Labute approximate surface area is 325 Å². The van der Waals surface area contributed by atoms with Gasteiger partial charge in [0.05, 0.1) is 11.2 Å². The summed E-state index contributed by atoms with van der Waals surface area (Å²) in [5.74, 6) is 1.95. The first-order valence-electron chi connectivity index (χ1n) is 18.8. The highest BCUT2D eigenvalue weighted by atomic mass is 15.0. The van der Waals surface area contributed by atoms with E-state index in [0.717, 1.165) is 44.6 Å². The number of nitrogens with zero attached hydrogens (tertiary/aromatic N) is 4. The largest absolute Gasteiger partial charge is 0.248 e. The van der Waals surface area contributed by atoms with Gasteiger partial charge in [-0.25, -0.2) is 19.9 Å². The highest BCUT2D eigenvalue weighted by Gasteiger charge is 2.15. The van der Waals surface area contributed by atoms with Crippen molar-refractivity contribution >= 4 is 21.7 Å². The zero-order chi connectivity index (χ0) is 37.3. The van der Waals surface area contributed by atoms with Crippen LogP contribution in [0.3, 0.4) is 0 Å². The third-order valence-electron chi connectivity index (χ3n) is 10.3. The number of fused-ring (bicyclic) bond motifs is 3. The summed E-state index contributed by atoms with van der Waals surface area (Å²) in [4.78, 5) is 19.8. The van der Waals surface area contributed by atoms with Crippen LogP contribution >= 0.6 is 0 Å². The molecular formula is C52H34N4. The molecule has 4 heteroatoms. The lowest BCUT2D eigenvalue weighted by Gasteiger charge is -2.14. The van der Waals surface area contributed by atoms with Gasteiger partial charge < -0.3 is 0 Å². The summed E-state index contributed by atoms with van der Waals surface area (Å²) in [7, 11) is 0. The van der Waals surface area contributed by atoms with E-state index >= 15 is 0 Å². The summed E-state index contributed by atoms with van der Waals surface area (Å²) in [6, 6.07) is 71.8. The molecule has 56 heavy (non-hydrogen) atoms. The molecule has 0 aliphatic carbocycles. The lowest BCUT2D eigenvalue weighted by molar-refractivity contribution is 1.07. The Morgan fingerprint density at radius 2 is 0.679 bits per heavy atom. The zero-order valence-electron chi connectivity index (χ0n) is 30.4. The minimum Gasteiger partial charge on any atom is -0.248 e. The van der Waals surface area contributed by atoms with Crippen LogP contribution in [0.2, 0.25) is 0 Å². The monoisotopic (exact) mass is 714 g/mol. The van der Waals surface area contributed by atoms with Gasteiger partial charge in [-0.1, -0.05) is 188 Å². The summed E-state index contributed by atoms with van der Waals surface area (Å²) in [5, 5.41) is 3.55. The van der Waals surface area contributed by atoms with Crippen molar-refractivity contribution in [2.24, 2.45) is 0 Å². The first-order valence-corrected chi connectivity index (χ1v) is 18.8. The average molecular weight is 715 g/mol. The van der Waals surface area contributed by atoms with E-state index in [1.807, 2.05) is 66.7 Å². The van der Waals surface area contributed by atoms with Gasteiger partial charge in [0, 0.05) is 27.6 Å². The highest BCUT2D eigenvalue weighted by Crippen LogP contribution is 2.38. The molecule has 2 heterocycles. The maximum absolute atomic E-state index is 5.15. The molecule has 8 aromatic carbocycles. The van der Waals surface area contributed by atoms with Crippen molar-refractivity contribution in [2.75, 3.05) is 0 Å². The van der Waals surface area contributed by atoms with Gasteiger partial charge in [0.15, 0.2) is 17.5 Å².